The van der Waals surface area contributed by atoms with E-state index in [2.05, 4.69) is 0 Å². The molecule has 0 aliphatic carbocycles. The molecule has 1 saturated heterocycles. The Morgan fingerprint density at radius 1 is 1.44 bits per heavy atom. The number of rotatable bonds is 0. The number of amides is 1. The van der Waals surface area contributed by atoms with Gasteiger partial charge in [0.2, 0.25) is 0 Å². The predicted molar refractivity (Wildman–Crippen MR) is 33.4 cm³/mol. The van der Waals surface area contributed by atoms with Gasteiger partial charge >= 0.3 is 6.09 Å². The van der Waals surface area contributed by atoms with Gasteiger partial charge in [-0.3, -0.25) is 0 Å². The molecule has 1 heterocycles. The molecule has 0 unspecified atom stereocenters. The summed E-state index contributed by atoms with van der Waals surface area (Å²) in [6.07, 6.45) is -1.07. The lowest BCUT2D eigenvalue weighted by molar-refractivity contribution is 0.136. The fourth-order valence-electron chi connectivity index (χ4n) is 0.661. The van der Waals surface area contributed by atoms with Crippen molar-refractivity contribution in [1.82, 2.24) is 4.90 Å². The number of nitrogens with zero attached hydrogens (tertiary/aromatic N) is 1. The fraction of sp³-hybridized carbons (Fsp3) is 0.833. The summed E-state index contributed by atoms with van der Waals surface area (Å²) in [5, 5.41) is 8.66. The summed E-state index contributed by atoms with van der Waals surface area (Å²) in [7, 11) is 0. The van der Waals surface area contributed by atoms with Crippen LogP contribution >= 0.6 is 0 Å². The third kappa shape index (κ3) is 1.59. The van der Waals surface area contributed by atoms with Gasteiger partial charge in [0.25, 0.3) is 0 Å². The van der Waals surface area contributed by atoms with Gasteiger partial charge < -0.3 is 10.0 Å². The first-order chi connectivity index (χ1) is 5.77. The van der Waals surface area contributed by atoms with Gasteiger partial charge in [0.15, 0.2) is 0 Å². The SMILES string of the molecule is [2H]C1([2H])CCCC([2H])([2H])N1C(=O)O. The van der Waals surface area contributed by atoms with Crippen LogP contribution in [0.1, 0.15) is 24.7 Å². The van der Waals surface area contributed by atoms with Crippen molar-refractivity contribution in [1.29, 1.82) is 0 Å². The van der Waals surface area contributed by atoms with Crippen LogP contribution < -0.4 is 0 Å². The Kier molecular flexibility index (Phi) is 0.874. The molecule has 1 rings (SSSR count). The maximum atomic E-state index is 10.6. The Balaban J connectivity index is 2.98. The first-order valence-corrected chi connectivity index (χ1v) is 2.81. The van der Waals surface area contributed by atoms with Crippen LogP contribution in [0.5, 0.6) is 0 Å². The fourth-order valence-corrected chi connectivity index (χ4v) is 0.661. The van der Waals surface area contributed by atoms with Gasteiger partial charge in [-0.05, 0) is 19.3 Å². The summed E-state index contributed by atoms with van der Waals surface area (Å²) >= 11 is 0. The number of piperidine rings is 1. The smallest absolute Gasteiger partial charge is 0.407 e. The molecule has 52 valence electrons. The summed E-state index contributed by atoms with van der Waals surface area (Å²) in [6.45, 7) is -4.18. The van der Waals surface area contributed by atoms with E-state index in [9.17, 15) is 4.79 Å². The van der Waals surface area contributed by atoms with Crippen molar-refractivity contribution in [2.75, 3.05) is 13.0 Å². The average Bonchev–Trinajstić information content (AvgIpc) is 1.79. The zero-order valence-corrected chi connectivity index (χ0v) is 4.92. The molecular weight excluding hydrogens is 118 g/mol. The molecule has 0 aromatic heterocycles. The molecule has 0 aromatic carbocycles. The molecule has 1 fully saturated rings. The largest absolute Gasteiger partial charge is 0.465 e. The molecule has 0 bridgehead atoms. The van der Waals surface area contributed by atoms with E-state index in [1.807, 2.05) is 0 Å². The zero-order chi connectivity index (χ0) is 10.3. The summed E-state index contributed by atoms with van der Waals surface area (Å²) in [5.74, 6) is 0. The number of hydrogen-bond donors (Lipinski definition) is 1. The Morgan fingerprint density at radius 2 is 2.00 bits per heavy atom. The van der Waals surface area contributed by atoms with E-state index >= 15 is 0 Å². The molecule has 0 atom stereocenters. The summed E-state index contributed by atoms with van der Waals surface area (Å²) in [5.41, 5.74) is 0. The van der Waals surface area contributed by atoms with E-state index in [0.717, 1.165) is 0 Å². The lowest BCUT2D eigenvalue weighted by atomic mass is 10.1. The van der Waals surface area contributed by atoms with E-state index in [-0.39, 0.29) is 17.7 Å². The van der Waals surface area contributed by atoms with Gasteiger partial charge in [-0.1, -0.05) is 0 Å². The normalized spacial score (nSPS) is 37.6. The Morgan fingerprint density at radius 3 is 2.33 bits per heavy atom. The molecule has 1 aliphatic heterocycles. The van der Waals surface area contributed by atoms with Crippen LogP contribution in [0.3, 0.4) is 0 Å². The highest BCUT2D eigenvalue weighted by atomic mass is 16.4. The van der Waals surface area contributed by atoms with E-state index in [0.29, 0.717) is 6.42 Å². The Labute approximate surface area is 59.9 Å². The quantitative estimate of drug-likeness (QED) is 0.538. The number of carbonyl (C=O) groups is 1. The van der Waals surface area contributed by atoms with Crippen molar-refractivity contribution >= 4 is 6.09 Å². The molecule has 1 aliphatic rings. The van der Waals surface area contributed by atoms with Gasteiger partial charge in [0.05, 0.1) is 0 Å². The first kappa shape index (κ1) is 2.90. The molecule has 1 N–H and O–H groups in total. The third-order valence-corrected chi connectivity index (χ3v) is 1.08. The summed E-state index contributed by atoms with van der Waals surface area (Å²) in [4.78, 5) is 10.9. The maximum absolute atomic E-state index is 10.6. The second-order valence-corrected chi connectivity index (χ2v) is 1.79. The molecule has 3 heteroatoms. The van der Waals surface area contributed by atoms with Crippen LogP contribution in [0.2, 0.25) is 0 Å². The molecule has 0 saturated carbocycles. The van der Waals surface area contributed by atoms with E-state index in [1.54, 1.807) is 0 Å². The van der Waals surface area contributed by atoms with Crippen LogP contribution in [0, 0.1) is 0 Å². The second-order valence-electron chi connectivity index (χ2n) is 1.79. The lowest BCUT2D eigenvalue weighted by Crippen LogP contribution is -2.34. The second kappa shape index (κ2) is 2.71. The molecular formula is C6H11NO2. The lowest BCUT2D eigenvalue weighted by Gasteiger charge is -2.22. The number of hydrogen-bond acceptors (Lipinski definition) is 1. The molecule has 0 spiro atoms. The van der Waals surface area contributed by atoms with Crippen molar-refractivity contribution in [2.45, 2.75) is 19.3 Å². The summed E-state index contributed by atoms with van der Waals surface area (Å²) < 4.78 is 29.4. The van der Waals surface area contributed by atoms with Gasteiger partial charge in [-0.2, -0.15) is 0 Å². The zero-order valence-electron chi connectivity index (χ0n) is 8.92. The highest BCUT2D eigenvalue weighted by Crippen LogP contribution is 2.07. The molecule has 0 radical (unpaired) electrons. The number of likely N-dealkylation sites (tertiary alicyclic amines) is 1. The van der Waals surface area contributed by atoms with Crippen LogP contribution in [0.25, 0.3) is 0 Å². The van der Waals surface area contributed by atoms with Crippen molar-refractivity contribution in [3.63, 3.8) is 0 Å². The van der Waals surface area contributed by atoms with E-state index in [1.165, 1.54) is 0 Å². The molecule has 9 heavy (non-hydrogen) atoms. The Bertz CT molecular complexity index is 215. The minimum atomic E-state index is -2.09. The van der Waals surface area contributed by atoms with Crippen molar-refractivity contribution in [3.05, 3.63) is 0 Å². The van der Waals surface area contributed by atoms with Gasteiger partial charge in [-0.15, -0.1) is 0 Å². The monoisotopic (exact) mass is 133 g/mol. The van der Waals surface area contributed by atoms with Crippen LogP contribution in [0.15, 0.2) is 0 Å². The minimum absolute atomic E-state index is 0.0544. The average molecular weight is 133 g/mol. The Hall–Kier alpha value is -0.730. The van der Waals surface area contributed by atoms with Gasteiger partial charge in [0.1, 0.15) is 0 Å². The van der Waals surface area contributed by atoms with Crippen LogP contribution in [-0.2, 0) is 0 Å². The predicted octanol–water partition coefficient (Wildman–Crippen LogP) is 1.15. The topological polar surface area (TPSA) is 40.5 Å². The van der Waals surface area contributed by atoms with Crippen LogP contribution in [0.4, 0.5) is 4.79 Å². The standard InChI is InChI=1S/C6H11NO2/c8-6(9)7-4-2-1-3-5-7/h1-5H2,(H,8,9)/i4D2,5D2. The number of carboxylic acid groups (broad SMARTS) is 1. The summed E-state index contributed by atoms with van der Waals surface area (Å²) in [6, 6.07) is 0. The minimum Gasteiger partial charge on any atom is -0.465 e. The highest BCUT2D eigenvalue weighted by molar-refractivity contribution is 5.64. The van der Waals surface area contributed by atoms with E-state index < -0.39 is 19.1 Å². The van der Waals surface area contributed by atoms with Gasteiger partial charge in [0, 0.05) is 18.5 Å². The molecule has 0 aromatic rings. The van der Waals surface area contributed by atoms with Crippen molar-refractivity contribution in [2.24, 2.45) is 0 Å². The van der Waals surface area contributed by atoms with Crippen molar-refractivity contribution < 1.29 is 15.4 Å². The third-order valence-electron chi connectivity index (χ3n) is 1.08. The highest BCUT2D eigenvalue weighted by Gasteiger charge is 2.13. The molecule has 1 amide bonds. The van der Waals surface area contributed by atoms with E-state index in [4.69, 9.17) is 10.6 Å². The first-order valence-electron chi connectivity index (χ1n) is 4.81. The molecule has 3 nitrogen and oxygen atoms in total. The maximum Gasteiger partial charge on any atom is 0.407 e. The van der Waals surface area contributed by atoms with Gasteiger partial charge in [-0.25, -0.2) is 4.79 Å². The van der Waals surface area contributed by atoms with Crippen LogP contribution in [-0.4, -0.2) is 29.1 Å². The van der Waals surface area contributed by atoms with Crippen molar-refractivity contribution in [3.8, 4) is 0 Å².